The summed E-state index contributed by atoms with van der Waals surface area (Å²) in [7, 11) is 1.59. The monoisotopic (exact) mass is 489 g/mol. The number of benzene rings is 1. The number of para-hydroxylation sites is 1. The summed E-state index contributed by atoms with van der Waals surface area (Å²) in [6.07, 6.45) is 4.87. The molecular weight excluding hydrogens is 477 g/mol. The number of nitrogens with zero attached hydrogens (tertiary/aromatic N) is 4. The molecule has 3 heterocycles. The summed E-state index contributed by atoms with van der Waals surface area (Å²) in [6.45, 7) is 0. The topological polar surface area (TPSA) is 89.9 Å². The van der Waals surface area contributed by atoms with Gasteiger partial charge in [-0.05, 0) is 34.7 Å². The first-order chi connectivity index (χ1) is 13.2. The zero-order chi connectivity index (χ0) is 18.8. The molecule has 1 amide bonds. The summed E-state index contributed by atoms with van der Waals surface area (Å²) in [4.78, 5) is 30.6. The predicted octanol–water partition coefficient (Wildman–Crippen LogP) is 4.01. The minimum Gasteiger partial charge on any atom is -0.496 e. The number of anilines is 1. The number of rotatable bonds is 4. The zero-order valence-electron chi connectivity index (χ0n) is 14.0. The molecule has 27 heavy (non-hydrogen) atoms. The van der Waals surface area contributed by atoms with Gasteiger partial charge >= 0.3 is 0 Å². The summed E-state index contributed by atoms with van der Waals surface area (Å²) in [6, 6.07) is 9.17. The Morgan fingerprint density at radius 2 is 2.00 bits per heavy atom. The number of fused-ring (bicyclic) bond motifs is 1. The molecule has 0 atom stereocenters. The average Bonchev–Trinajstić information content (AvgIpc) is 3.09. The second-order valence-corrected chi connectivity index (χ2v) is 7.50. The van der Waals surface area contributed by atoms with E-state index in [-0.39, 0.29) is 5.91 Å². The van der Waals surface area contributed by atoms with E-state index in [1.807, 2.05) is 24.3 Å². The number of hydrogen-bond acceptors (Lipinski definition) is 7. The molecule has 0 fully saturated rings. The van der Waals surface area contributed by atoms with Crippen molar-refractivity contribution in [1.82, 2.24) is 19.9 Å². The molecule has 0 aliphatic carbocycles. The van der Waals surface area contributed by atoms with Crippen LogP contribution in [0.4, 0.5) is 5.13 Å². The molecule has 3 aromatic heterocycles. The molecule has 0 spiro atoms. The van der Waals surface area contributed by atoms with Crippen molar-refractivity contribution in [2.45, 2.75) is 0 Å². The summed E-state index contributed by atoms with van der Waals surface area (Å²) in [5.74, 6) is 0.384. The highest BCUT2D eigenvalue weighted by Gasteiger charge is 2.17. The number of nitrogens with one attached hydrogen (secondary N) is 1. The van der Waals surface area contributed by atoms with Crippen molar-refractivity contribution in [3.8, 4) is 16.9 Å². The Morgan fingerprint density at radius 1 is 1.15 bits per heavy atom. The van der Waals surface area contributed by atoms with Crippen LogP contribution in [0, 0.1) is 3.70 Å². The highest BCUT2D eigenvalue weighted by molar-refractivity contribution is 14.1. The summed E-state index contributed by atoms with van der Waals surface area (Å²) in [5.41, 5.74) is 2.46. The number of pyridine rings is 1. The van der Waals surface area contributed by atoms with E-state index in [4.69, 9.17) is 4.74 Å². The molecule has 9 heteroatoms. The van der Waals surface area contributed by atoms with Crippen LogP contribution >= 0.6 is 33.9 Å². The molecule has 0 saturated heterocycles. The number of amides is 1. The zero-order valence-corrected chi connectivity index (χ0v) is 17.0. The summed E-state index contributed by atoms with van der Waals surface area (Å²) >= 11 is 3.37. The number of thiazole rings is 1. The van der Waals surface area contributed by atoms with Crippen molar-refractivity contribution in [2.75, 3.05) is 12.4 Å². The van der Waals surface area contributed by atoms with Gasteiger partial charge in [-0.15, -0.1) is 0 Å². The van der Waals surface area contributed by atoms with Gasteiger partial charge in [0.15, 0.2) is 15.6 Å². The molecule has 0 aliphatic rings. The van der Waals surface area contributed by atoms with Gasteiger partial charge in [0.25, 0.3) is 5.91 Å². The van der Waals surface area contributed by atoms with Crippen molar-refractivity contribution in [3.63, 3.8) is 0 Å². The number of methoxy groups -OCH3 is 1. The molecule has 0 radical (unpaired) electrons. The van der Waals surface area contributed by atoms with Gasteiger partial charge in [-0.1, -0.05) is 29.5 Å². The third-order valence-corrected chi connectivity index (χ3v) is 5.15. The van der Waals surface area contributed by atoms with Gasteiger partial charge in [0.2, 0.25) is 0 Å². The molecular formula is C18H12IN5O2S. The molecule has 0 saturated carbocycles. The van der Waals surface area contributed by atoms with Crippen LogP contribution in [0.15, 0.2) is 48.9 Å². The maximum Gasteiger partial charge on any atom is 0.258 e. The molecule has 4 rings (SSSR count). The predicted molar refractivity (Wildman–Crippen MR) is 112 cm³/mol. The van der Waals surface area contributed by atoms with Gasteiger partial charge in [0.05, 0.1) is 18.9 Å². The molecule has 7 nitrogen and oxygen atoms in total. The fraction of sp³-hybridized carbons (Fsp3) is 0.0556. The van der Waals surface area contributed by atoms with Crippen LogP contribution in [0.1, 0.15) is 10.4 Å². The average molecular weight is 489 g/mol. The van der Waals surface area contributed by atoms with Crippen molar-refractivity contribution in [2.24, 2.45) is 0 Å². The number of ether oxygens (including phenoxy) is 1. The van der Waals surface area contributed by atoms with Crippen LogP contribution in [0.2, 0.25) is 0 Å². The standard InChI is InChI=1S/C18H12IN5O2S/c1-26-13-5-3-2-4-10(13)12-8-20-7-6-11(12)16(25)24-18-23-15-17(27-18)22-14(19)9-21-15/h2-9H,1H3,(H,21,23,24,25). The van der Waals surface area contributed by atoms with E-state index >= 15 is 0 Å². The molecule has 1 N–H and O–H groups in total. The second-order valence-electron chi connectivity index (χ2n) is 5.42. The first kappa shape index (κ1) is 17.7. The van der Waals surface area contributed by atoms with Crippen LogP contribution in [-0.4, -0.2) is 33.0 Å². The molecule has 0 aliphatic heterocycles. The normalized spacial score (nSPS) is 10.7. The third kappa shape index (κ3) is 3.60. The van der Waals surface area contributed by atoms with Crippen molar-refractivity contribution < 1.29 is 9.53 Å². The van der Waals surface area contributed by atoms with Crippen LogP contribution in [0.5, 0.6) is 5.75 Å². The van der Waals surface area contributed by atoms with Gasteiger partial charge in [0, 0.05) is 23.5 Å². The van der Waals surface area contributed by atoms with E-state index in [9.17, 15) is 4.79 Å². The van der Waals surface area contributed by atoms with E-state index in [1.54, 1.807) is 31.8 Å². The summed E-state index contributed by atoms with van der Waals surface area (Å²) in [5, 5.41) is 3.28. The van der Waals surface area contributed by atoms with Gasteiger partial charge in [-0.3, -0.25) is 15.1 Å². The Labute approximate surface area is 172 Å². The van der Waals surface area contributed by atoms with Crippen molar-refractivity contribution in [1.29, 1.82) is 0 Å². The fourth-order valence-corrected chi connectivity index (χ4v) is 3.93. The Hall–Kier alpha value is -2.66. The van der Waals surface area contributed by atoms with E-state index in [0.29, 0.717) is 32.5 Å². The van der Waals surface area contributed by atoms with Gasteiger partial charge < -0.3 is 4.74 Å². The van der Waals surface area contributed by atoms with Gasteiger partial charge in [-0.2, -0.15) is 4.98 Å². The largest absolute Gasteiger partial charge is 0.496 e. The van der Waals surface area contributed by atoms with Gasteiger partial charge in [0.1, 0.15) is 9.45 Å². The third-order valence-electron chi connectivity index (χ3n) is 3.78. The van der Waals surface area contributed by atoms with Crippen LogP contribution in [0.3, 0.4) is 0 Å². The summed E-state index contributed by atoms with van der Waals surface area (Å²) < 4.78 is 6.19. The lowest BCUT2D eigenvalue weighted by Crippen LogP contribution is -2.13. The first-order valence-corrected chi connectivity index (χ1v) is 9.73. The number of carbonyl (C=O) groups excluding carboxylic acids is 1. The van der Waals surface area contributed by atoms with Gasteiger partial charge in [-0.25, -0.2) is 9.97 Å². The quantitative estimate of drug-likeness (QED) is 0.436. The lowest BCUT2D eigenvalue weighted by atomic mass is 10.0. The van der Waals surface area contributed by atoms with Crippen LogP contribution < -0.4 is 10.1 Å². The molecule has 134 valence electrons. The van der Waals surface area contributed by atoms with E-state index in [1.165, 1.54) is 11.3 Å². The van der Waals surface area contributed by atoms with E-state index in [2.05, 4.69) is 47.8 Å². The SMILES string of the molecule is COc1ccccc1-c1cnccc1C(=O)Nc1nc2ncc(I)nc2s1. The maximum atomic E-state index is 12.9. The molecule has 1 aromatic carbocycles. The van der Waals surface area contributed by atoms with Crippen molar-refractivity contribution in [3.05, 3.63) is 58.2 Å². The fourth-order valence-electron chi connectivity index (χ4n) is 2.59. The minimum atomic E-state index is -0.285. The van der Waals surface area contributed by atoms with Crippen molar-refractivity contribution >= 4 is 55.4 Å². The molecule has 4 aromatic rings. The second kappa shape index (κ2) is 7.53. The minimum absolute atomic E-state index is 0.285. The molecule has 0 unspecified atom stereocenters. The Bertz CT molecular complexity index is 1150. The smallest absolute Gasteiger partial charge is 0.258 e. The number of halogens is 1. The van der Waals surface area contributed by atoms with E-state index < -0.39 is 0 Å². The Kier molecular flexibility index (Phi) is 4.94. The van der Waals surface area contributed by atoms with Crippen LogP contribution in [0.25, 0.3) is 21.6 Å². The highest BCUT2D eigenvalue weighted by atomic mass is 127. The first-order valence-electron chi connectivity index (χ1n) is 7.83. The van der Waals surface area contributed by atoms with E-state index in [0.717, 1.165) is 9.26 Å². The van der Waals surface area contributed by atoms with Crippen LogP contribution in [-0.2, 0) is 0 Å². The number of hydrogen-bond donors (Lipinski definition) is 1. The Morgan fingerprint density at radius 3 is 2.85 bits per heavy atom. The number of aromatic nitrogens is 4. The number of carbonyl (C=O) groups is 1. The Balaban J connectivity index is 1.70. The lowest BCUT2D eigenvalue weighted by Gasteiger charge is -2.11. The maximum absolute atomic E-state index is 12.9. The highest BCUT2D eigenvalue weighted by Crippen LogP contribution is 2.32. The lowest BCUT2D eigenvalue weighted by molar-refractivity contribution is 0.102. The molecule has 0 bridgehead atoms.